The van der Waals surface area contributed by atoms with Gasteiger partial charge in [-0.2, -0.15) is 0 Å². The van der Waals surface area contributed by atoms with Crippen molar-refractivity contribution >= 4 is 0 Å². The Kier molecular flexibility index (Phi) is 4.27. The molecule has 2 heteroatoms. The van der Waals surface area contributed by atoms with E-state index in [-0.39, 0.29) is 0 Å². The fraction of sp³-hybridized carbons (Fsp3) is 0.733. The van der Waals surface area contributed by atoms with Crippen LogP contribution in [0.2, 0.25) is 0 Å². The monoisotopic (exact) mass is 235 g/mol. The average Bonchev–Trinajstić information content (AvgIpc) is 2.57. The largest absolute Gasteiger partial charge is 0.464 e. The Morgan fingerprint density at radius 1 is 1.41 bits per heavy atom. The Morgan fingerprint density at radius 2 is 2.18 bits per heavy atom. The van der Waals surface area contributed by atoms with Crippen LogP contribution >= 0.6 is 0 Å². The summed E-state index contributed by atoms with van der Waals surface area (Å²) in [7, 11) is 0. The molecule has 0 aliphatic heterocycles. The molecule has 96 valence electrons. The van der Waals surface area contributed by atoms with E-state index in [0.717, 1.165) is 24.0 Å². The summed E-state index contributed by atoms with van der Waals surface area (Å²) in [4.78, 5) is 0. The maximum atomic E-state index is 5.88. The standard InChI is InChI=1S/C15H25NO/c1-4-8-16-14(10-13-6-5-7-13)15-9-11(2)12(3)17-15/h9,13-14,16H,4-8,10H2,1-3H3. The smallest absolute Gasteiger partial charge is 0.121 e. The second-order valence-electron chi connectivity index (χ2n) is 5.43. The minimum absolute atomic E-state index is 0.424. The van der Waals surface area contributed by atoms with E-state index in [4.69, 9.17) is 4.42 Å². The van der Waals surface area contributed by atoms with Gasteiger partial charge in [-0.25, -0.2) is 0 Å². The first-order valence-corrected chi connectivity index (χ1v) is 7.01. The van der Waals surface area contributed by atoms with E-state index < -0.39 is 0 Å². The van der Waals surface area contributed by atoms with Crippen LogP contribution in [0.25, 0.3) is 0 Å². The SMILES string of the molecule is CCCNC(CC1CCC1)c1cc(C)c(C)o1. The number of nitrogens with one attached hydrogen (secondary N) is 1. The highest BCUT2D eigenvalue weighted by molar-refractivity contribution is 5.21. The number of aryl methyl sites for hydroxylation is 2. The minimum atomic E-state index is 0.424. The van der Waals surface area contributed by atoms with E-state index >= 15 is 0 Å². The van der Waals surface area contributed by atoms with E-state index in [1.165, 1.54) is 37.7 Å². The van der Waals surface area contributed by atoms with Crippen LogP contribution in [-0.4, -0.2) is 6.54 Å². The number of hydrogen-bond donors (Lipinski definition) is 1. The summed E-state index contributed by atoms with van der Waals surface area (Å²) in [6.45, 7) is 7.48. The van der Waals surface area contributed by atoms with E-state index in [2.05, 4.69) is 32.2 Å². The first kappa shape index (κ1) is 12.7. The van der Waals surface area contributed by atoms with Crippen LogP contribution in [0.5, 0.6) is 0 Å². The van der Waals surface area contributed by atoms with Gasteiger partial charge >= 0.3 is 0 Å². The van der Waals surface area contributed by atoms with Crippen molar-refractivity contribution in [2.75, 3.05) is 6.54 Å². The van der Waals surface area contributed by atoms with E-state index in [0.29, 0.717) is 6.04 Å². The third kappa shape index (κ3) is 3.12. The van der Waals surface area contributed by atoms with Crippen molar-refractivity contribution in [2.45, 2.75) is 58.9 Å². The van der Waals surface area contributed by atoms with Crippen molar-refractivity contribution in [3.63, 3.8) is 0 Å². The highest BCUT2D eigenvalue weighted by atomic mass is 16.3. The highest BCUT2D eigenvalue weighted by Crippen LogP contribution is 2.35. The zero-order valence-corrected chi connectivity index (χ0v) is 11.4. The molecule has 17 heavy (non-hydrogen) atoms. The highest BCUT2D eigenvalue weighted by Gasteiger charge is 2.24. The Labute approximate surface area is 105 Å². The van der Waals surface area contributed by atoms with E-state index in [1.54, 1.807) is 0 Å². The molecule has 1 heterocycles. The van der Waals surface area contributed by atoms with Gasteiger partial charge in [-0.05, 0) is 50.8 Å². The van der Waals surface area contributed by atoms with Crippen molar-refractivity contribution in [3.05, 3.63) is 23.2 Å². The fourth-order valence-electron chi connectivity index (χ4n) is 2.45. The number of furan rings is 1. The molecular weight excluding hydrogens is 210 g/mol. The first-order valence-electron chi connectivity index (χ1n) is 7.01. The lowest BCUT2D eigenvalue weighted by molar-refractivity contribution is 0.245. The van der Waals surface area contributed by atoms with Crippen LogP contribution in [0.4, 0.5) is 0 Å². The number of rotatable bonds is 6. The zero-order chi connectivity index (χ0) is 12.3. The van der Waals surface area contributed by atoms with Gasteiger partial charge in [0.2, 0.25) is 0 Å². The molecule has 2 nitrogen and oxygen atoms in total. The van der Waals surface area contributed by atoms with Crippen molar-refractivity contribution in [2.24, 2.45) is 5.92 Å². The van der Waals surface area contributed by atoms with Gasteiger partial charge in [0, 0.05) is 0 Å². The van der Waals surface area contributed by atoms with E-state index in [9.17, 15) is 0 Å². The molecule has 1 aliphatic rings. The molecule has 1 unspecified atom stereocenters. The maximum Gasteiger partial charge on any atom is 0.121 e. The van der Waals surface area contributed by atoms with Crippen LogP contribution in [-0.2, 0) is 0 Å². The van der Waals surface area contributed by atoms with Crippen molar-refractivity contribution in [1.82, 2.24) is 5.32 Å². The molecule has 1 fully saturated rings. The number of hydrogen-bond acceptors (Lipinski definition) is 2. The molecule has 0 aromatic carbocycles. The van der Waals surface area contributed by atoms with Crippen molar-refractivity contribution < 1.29 is 4.42 Å². The summed E-state index contributed by atoms with van der Waals surface area (Å²) in [5.74, 6) is 3.12. The molecule has 2 rings (SSSR count). The van der Waals surface area contributed by atoms with Crippen LogP contribution in [0.15, 0.2) is 10.5 Å². The summed E-state index contributed by atoms with van der Waals surface area (Å²) in [6.07, 6.45) is 6.65. The molecule has 1 aromatic rings. The zero-order valence-electron chi connectivity index (χ0n) is 11.4. The molecule has 0 spiro atoms. The molecule has 0 radical (unpaired) electrons. The van der Waals surface area contributed by atoms with Crippen LogP contribution < -0.4 is 5.32 Å². The van der Waals surface area contributed by atoms with Gasteiger partial charge in [0.05, 0.1) is 6.04 Å². The third-order valence-corrected chi connectivity index (χ3v) is 3.96. The molecule has 0 amide bonds. The molecule has 0 bridgehead atoms. The quantitative estimate of drug-likeness (QED) is 0.802. The molecule has 1 aromatic heterocycles. The Morgan fingerprint density at radius 3 is 2.65 bits per heavy atom. The Balaban J connectivity index is 2.02. The van der Waals surface area contributed by atoms with Crippen LogP contribution in [0.3, 0.4) is 0 Å². The summed E-state index contributed by atoms with van der Waals surface area (Å²) in [5, 5.41) is 3.63. The fourth-order valence-corrected chi connectivity index (χ4v) is 2.45. The summed E-state index contributed by atoms with van der Waals surface area (Å²) in [6, 6.07) is 2.63. The summed E-state index contributed by atoms with van der Waals surface area (Å²) >= 11 is 0. The van der Waals surface area contributed by atoms with Gasteiger partial charge in [0.25, 0.3) is 0 Å². The normalized spacial score (nSPS) is 18.1. The lowest BCUT2D eigenvalue weighted by Crippen LogP contribution is -2.26. The second-order valence-corrected chi connectivity index (χ2v) is 5.43. The van der Waals surface area contributed by atoms with Crippen LogP contribution in [0.1, 0.15) is 62.2 Å². The van der Waals surface area contributed by atoms with Gasteiger partial charge in [0.15, 0.2) is 0 Å². The molecule has 1 aliphatic carbocycles. The third-order valence-electron chi connectivity index (χ3n) is 3.96. The van der Waals surface area contributed by atoms with Gasteiger partial charge in [-0.15, -0.1) is 0 Å². The topological polar surface area (TPSA) is 25.2 Å². The molecule has 1 N–H and O–H groups in total. The van der Waals surface area contributed by atoms with Gasteiger partial charge in [0.1, 0.15) is 11.5 Å². The molecular formula is C15H25NO. The minimum Gasteiger partial charge on any atom is -0.464 e. The van der Waals surface area contributed by atoms with Gasteiger partial charge < -0.3 is 9.73 Å². The van der Waals surface area contributed by atoms with Crippen LogP contribution in [0, 0.1) is 19.8 Å². The molecule has 1 atom stereocenters. The Hall–Kier alpha value is -0.760. The van der Waals surface area contributed by atoms with E-state index in [1.807, 2.05) is 0 Å². The molecule has 1 saturated carbocycles. The lowest BCUT2D eigenvalue weighted by Gasteiger charge is -2.29. The second kappa shape index (κ2) is 5.72. The predicted octanol–water partition coefficient (Wildman–Crippen LogP) is 4.13. The summed E-state index contributed by atoms with van der Waals surface area (Å²) < 4.78 is 5.88. The molecule has 0 saturated heterocycles. The Bertz CT molecular complexity index is 332. The average molecular weight is 235 g/mol. The van der Waals surface area contributed by atoms with Crippen molar-refractivity contribution in [3.8, 4) is 0 Å². The predicted molar refractivity (Wildman–Crippen MR) is 71.2 cm³/mol. The van der Waals surface area contributed by atoms with Crippen molar-refractivity contribution in [1.29, 1.82) is 0 Å². The maximum absolute atomic E-state index is 5.88. The lowest BCUT2D eigenvalue weighted by atomic mass is 9.80. The van der Waals surface area contributed by atoms with Gasteiger partial charge in [-0.1, -0.05) is 26.2 Å². The first-order chi connectivity index (χ1) is 8.20. The van der Waals surface area contributed by atoms with Gasteiger partial charge in [-0.3, -0.25) is 0 Å². The summed E-state index contributed by atoms with van der Waals surface area (Å²) in [5.41, 5.74) is 1.27.